The number of halogens is 2. The zero-order valence-electron chi connectivity index (χ0n) is 16.2. The number of anilines is 1. The van der Waals surface area contributed by atoms with Crippen molar-refractivity contribution in [1.82, 2.24) is 10.2 Å². The number of carbonyl (C=O) groups is 2. The van der Waals surface area contributed by atoms with Crippen LogP contribution < -0.4 is 16.0 Å². The van der Waals surface area contributed by atoms with Crippen molar-refractivity contribution in [3.05, 3.63) is 66.2 Å². The van der Waals surface area contributed by atoms with Crippen LogP contribution in [0.15, 0.2) is 60.7 Å². The molecule has 0 radical (unpaired) electrons. The summed E-state index contributed by atoms with van der Waals surface area (Å²) in [4.78, 5) is 28.5. The normalized spacial score (nSPS) is 14.2. The van der Waals surface area contributed by atoms with E-state index < -0.39 is 0 Å². The van der Waals surface area contributed by atoms with E-state index in [1.54, 1.807) is 4.90 Å². The van der Waals surface area contributed by atoms with Crippen LogP contribution in [0.4, 0.5) is 5.69 Å². The first-order chi connectivity index (χ1) is 13.1. The first-order valence-corrected chi connectivity index (χ1v) is 9.28. The van der Waals surface area contributed by atoms with Crippen LogP contribution in [0.1, 0.15) is 18.0 Å². The molecule has 0 aromatic heterocycles. The molecule has 0 saturated carbocycles. The Morgan fingerprint density at radius 2 is 1.45 bits per heavy atom. The third-order valence-electron chi connectivity index (χ3n) is 4.82. The van der Waals surface area contributed by atoms with E-state index in [0.29, 0.717) is 13.1 Å². The Kier molecular flexibility index (Phi) is 10.5. The van der Waals surface area contributed by atoms with Crippen molar-refractivity contribution in [2.24, 2.45) is 5.73 Å². The number of benzene rings is 2. The fourth-order valence-electron chi connectivity index (χ4n) is 3.23. The molecule has 1 heterocycles. The minimum Gasteiger partial charge on any atom is -0.368 e. The molecule has 3 rings (SSSR count). The first kappa shape index (κ1) is 24.8. The predicted octanol–water partition coefficient (Wildman–Crippen LogP) is 2.39. The second-order valence-corrected chi connectivity index (χ2v) is 6.70. The number of carbonyl (C=O) groups excluding carboxylic acids is 2. The van der Waals surface area contributed by atoms with Crippen molar-refractivity contribution in [3.8, 4) is 0 Å². The fraction of sp³-hybridized carbons (Fsp3) is 0.333. The molecule has 3 N–H and O–H groups in total. The Bertz CT molecular complexity index is 754. The average Bonchev–Trinajstić information content (AvgIpc) is 2.73. The van der Waals surface area contributed by atoms with Crippen molar-refractivity contribution in [1.29, 1.82) is 0 Å². The van der Waals surface area contributed by atoms with Crippen LogP contribution in [0.25, 0.3) is 0 Å². The molecule has 29 heavy (non-hydrogen) atoms. The van der Waals surface area contributed by atoms with Crippen molar-refractivity contribution in [2.45, 2.75) is 12.5 Å². The van der Waals surface area contributed by atoms with Gasteiger partial charge in [-0.2, -0.15) is 0 Å². The molecule has 0 bridgehead atoms. The summed E-state index contributed by atoms with van der Waals surface area (Å²) in [6.07, 6.45) is 0.166. The van der Waals surface area contributed by atoms with Crippen LogP contribution in [-0.4, -0.2) is 49.4 Å². The summed E-state index contributed by atoms with van der Waals surface area (Å²) in [6.45, 7) is 2.93. The number of piperazine rings is 1. The molecule has 2 aromatic carbocycles. The van der Waals surface area contributed by atoms with Gasteiger partial charge in [0.15, 0.2) is 0 Å². The number of hydrogen-bond donors (Lipinski definition) is 2. The number of rotatable bonds is 6. The van der Waals surface area contributed by atoms with E-state index in [4.69, 9.17) is 5.73 Å². The van der Waals surface area contributed by atoms with Crippen LogP contribution in [0.2, 0.25) is 0 Å². The first-order valence-electron chi connectivity index (χ1n) is 9.28. The molecule has 1 aliphatic rings. The molecular formula is C21H28Cl2N4O2. The van der Waals surface area contributed by atoms with Crippen LogP contribution in [-0.2, 0) is 9.59 Å². The highest BCUT2D eigenvalue weighted by molar-refractivity contribution is 5.86. The summed E-state index contributed by atoms with van der Waals surface area (Å²) in [5.74, 6) is -0.257. The van der Waals surface area contributed by atoms with Crippen LogP contribution in [0.5, 0.6) is 0 Å². The largest absolute Gasteiger partial charge is 0.368 e. The lowest BCUT2D eigenvalue weighted by molar-refractivity contribution is -0.133. The van der Waals surface area contributed by atoms with Crippen molar-refractivity contribution >= 4 is 42.3 Å². The van der Waals surface area contributed by atoms with Gasteiger partial charge in [0.05, 0.1) is 6.54 Å². The molecular weight excluding hydrogens is 411 g/mol. The third-order valence-corrected chi connectivity index (χ3v) is 4.82. The highest BCUT2D eigenvalue weighted by Crippen LogP contribution is 2.15. The molecule has 0 aliphatic carbocycles. The van der Waals surface area contributed by atoms with Gasteiger partial charge in [0.2, 0.25) is 11.8 Å². The summed E-state index contributed by atoms with van der Waals surface area (Å²) >= 11 is 0. The lowest BCUT2D eigenvalue weighted by atomic mass is 10.0. The van der Waals surface area contributed by atoms with Gasteiger partial charge >= 0.3 is 0 Å². The number of para-hydroxylation sites is 1. The van der Waals surface area contributed by atoms with Crippen LogP contribution >= 0.6 is 24.8 Å². The van der Waals surface area contributed by atoms with E-state index in [2.05, 4.69) is 22.3 Å². The minimum absolute atomic E-state index is 0. The fourth-order valence-corrected chi connectivity index (χ4v) is 3.23. The van der Waals surface area contributed by atoms with Gasteiger partial charge in [-0.25, -0.2) is 0 Å². The molecule has 1 atom stereocenters. The summed E-state index contributed by atoms with van der Waals surface area (Å²) in [5.41, 5.74) is 8.14. The Balaban J connectivity index is 0.00000210. The number of nitrogens with one attached hydrogen (secondary N) is 1. The molecule has 158 valence electrons. The smallest absolute Gasteiger partial charge is 0.242 e. The topological polar surface area (TPSA) is 78.7 Å². The zero-order valence-corrected chi connectivity index (χ0v) is 17.8. The Labute approximate surface area is 184 Å². The molecule has 1 aliphatic heterocycles. The number of hydrogen-bond acceptors (Lipinski definition) is 4. The summed E-state index contributed by atoms with van der Waals surface area (Å²) in [5, 5.41) is 2.70. The van der Waals surface area contributed by atoms with Gasteiger partial charge in [-0.05, 0) is 17.7 Å². The maximum atomic E-state index is 12.4. The monoisotopic (exact) mass is 438 g/mol. The summed E-state index contributed by atoms with van der Waals surface area (Å²) in [7, 11) is 0. The SMILES string of the molecule is Cl.Cl.NC(CC(=O)NCC(=O)N1CCN(c2ccccc2)CC1)c1ccccc1. The lowest BCUT2D eigenvalue weighted by Gasteiger charge is -2.36. The highest BCUT2D eigenvalue weighted by Gasteiger charge is 2.21. The Morgan fingerprint density at radius 1 is 0.897 bits per heavy atom. The van der Waals surface area contributed by atoms with E-state index in [1.165, 1.54) is 5.69 Å². The number of nitrogens with zero attached hydrogens (tertiary/aromatic N) is 2. The molecule has 0 spiro atoms. The quantitative estimate of drug-likeness (QED) is 0.725. The third kappa shape index (κ3) is 7.24. The van der Waals surface area contributed by atoms with E-state index in [-0.39, 0.29) is 55.6 Å². The Hall–Kier alpha value is -2.28. The molecule has 6 nitrogen and oxygen atoms in total. The van der Waals surface area contributed by atoms with Gasteiger partial charge in [0, 0.05) is 44.3 Å². The van der Waals surface area contributed by atoms with Crippen LogP contribution in [0.3, 0.4) is 0 Å². The zero-order chi connectivity index (χ0) is 19.1. The molecule has 1 unspecified atom stereocenters. The number of nitrogens with two attached hydrogens (primary N) is 1. The molecule has 2 amide bonds. The van der Waals surface area contributed by atoms with Crippen LogP contribution in [0, 0.1) is 0 Å². The van der Waals surface area contributed by atoms with Crippen molar-refractivity contribution in [2.75, 3.05) is 37.6 Å². The molecule has 2 aromatic rings. The standard InChI is InChI=1S/C21H26N4O2.2ClH/c22-19(17-7-3-1-4-8-17)15-20(26)23-16-21(27)25-13-11-24(12-14-25)18-9-5-2-6-10-18;;/h1-10,19H,11-16,22H2,(H,23,26);2*1H. The van der Waals surface area contributed by atoms with Crippen molar-refractivity contribution in [3.63, 3.8) is 0 Å². The molecule has 8 heteroatoms. The van der Waals surface area contributed by atoms with Gasteiger partial charge in [0.25, 0.3) is 0 Å². The maximum absolute atomic E-state index is 12.4. The second-order valence-electron chi connectivity index (χ2n) is 6.70. The van der Waals surface area contributed by atoms with Gasteiger partial charge in [-0.3, -0.25) is 9.59 Å². The van der Waals surface area contributed by atoms with Gasteiger partial charge in [-0.1, -0.05) is 48.5 Å². The second kappa shape index (κ2) is 12.3. The predicted molar refractivity (Wildman–Crippen MR) is 121 cm³/mol. The summed E-state index contributed by atoms with van der Waals surface area (Å²) in [6, 6.07) is 19.3. The lowest BCUT2D eigenvalue weighted by Crippen LogP contribution is -2.51. The molecule has 1 saturated heterocycles. The van der Waals surface area contributed by atoms with E-state index >= 15 is 0 Å². The van der Waals surface area contributed by atoms with Gasteiger partial charge in [-0.15, -0.1) is 24.8 Å². The van der Waals surface area contributed by atoms with E-state index in [1.807, 2.05) is 48.5 Å². The highest BCUT2D eigenvalue weighted by atomic mass is 35.5. The van der Waals surface area contributed by atoms with Crippen molar-refractivity contribution < 1.29 is 9.59 Å². The van der Waals surface area contributed by atoms with E-state index in [9.17, 15) is 9.59 Å². The number of amides is 2. The summed E-state index contributed by atoms with van der Waals surface area (Å²) < 4.78 is 0. The Morgan fingerprint density at radius 3 is 2.03 bits per heavy atom. The molecule has 1 fully saturated rings. The van der Waals surface area contributed by atoms with Gasteiger partial charge in [0.1, 0.15) is 0 Å². The van der Waals surface area contributed by atoms with Gasteiger partial charge < -0.3 is 20.9 Å². The minimum atomic E-state index is -0.365. The average molecular weight is 439 g/mol. The van der Waals surface area contributed by atoms with E-state index in [0.717, 1.165) is 18.7 Å². The maximum Gasteiger partial charge on any atom is 0.242 e.